The molecule has 0 heterocycles. The quantitative estimate of drug-likeness (QED) is 0.610. The highest BCUT2D eigenvalue weighted by molar-refractivity contribution is 6.67. The van der Waals surface area contributed by atoms with Crippen molar-refractivity contribution in [3.8, 4) is 0 Å². The van der Waals surface area contributed by atoms with Crippen LogP contribution in [0.1, 0.15) is 13.8 Å². The van der Waals surface area contributed by atoms with Crippen LogP contribution in [-0.2, 0) is 4.74 Å². The molecule has 0 atom stereocenters. The van der Waals surface area contributed by atoms with Crippen LogP contribution in [-0.4, -0.2) is 16.5 Å². The topological polar surface area (TPSA) is 9.23 Å². The first kappa shape index (κ1) is 9.83. The van der Waals surface area contributed by atoms with Crippen LogP contribution in [0.5, 0.6) is 0 Å². The molecule has 9 heavy (non-hydrogen) atoms. The largest absolute Gasteiger partial charge is 0.374 e. The van der Waals surface area contributed by atoms with Gasteiger partial charge in [0.25, 0.3) is 0 Å². The van der Waals surface area contributed by atoms with Gasteiger partial charge < -0.3 is 4.74 Å². The molecule has 0 aromatic rings. The summed E-state index contributed by atoms with van der Waals surface area (Å²) in [6.07, 6.45) is 0.112. The number of halogens is 3. The fourth-order valence-electron chi connectivity index (χ4n) is 0.261. The zero-order valence-electron chi connectivity index (χ0n) is 5.33. The Morgan fingerprint density at radius 2 is 1.78 bits per heavy atom. The first-order chi connectivity index (χ1) is 3.92. The molecule has 0 aromatic carbocycles. The third-order valence-electron chi connectivity index (χ3n) is 0.580. The molecular weight excluding hydrogens is 182 g/mol. The van der Waals surface area contributed by atoms with Gasteiger partial charge >= 0.3 is 0 Å². The van der Waals surface area contributed by atoms with Gasteiger partial charge in [0.05, 0.1) is 12.7 Å². The molecular formula is C5H9Cl3O. The highest BCUT2D eigenvalue weighted by Gasteiger charge is 2.19. The van der Waals surface area contributed by atoms with Crippen molar-refractivity contribution >= 4 is 34.8 Å². The fraction of sp³-hybridized carbons (Fsp3) is 1.00. The summed E-state index contributed by atoms with van der Waals surface area (Å²) in [5, 5.41) is 0. The van der Waals surface area contributed by atoms with E-state index < -0.39 is 3.79 Å². The lowest BCUT2D eigenvalue weighted by Gasteiger charge is -2.12. The molecule has 0 spiro atoms. The van der Waals surface area contributed by atoms with Gasteiger partial charge in [-0.3, -0.25) is 0 Å². The summed E-state index contributed by atoms with van der Waals surface area (Å²) in [5.74, 6) is 0. The summed E-state index contributed by atoms with van der Waals surface area (Å²) in [4.78, 5) is 0. The standard InChI is InChI=1S/C5H9Cl3O/c1-4(2)9-3-5(6,7)8/h4H,3H2,1-2H3. The van der Waals surface area contributed by atoms with Crippen LogP contribution in [0.15, 0.2) is 0 Å². The Hall–Kier alpha value is 0.830. The predicted molar refractivity (Wildman–Crippen MR) is 41.4 cm³/mol. The second kappa shape index (κ2) is 3.87. The van der Waals surface area contributed by atoms with Gasteiger partial charge in [-0.25, -0.2) is 0 Å². The van der Waals surface area contributed by atoms with E-state index in [2.05, 4.69) is 0 Å². The van der Waals surface area contributed by atoms with Gasteiger partial charge in [-0.2, -0.15) is 0 Å². The molecule has 0 amide bonds. The van der Waals surface area contributed by atoms with E-state index in [1.54, 1.807) is 0 Å². The van der Waals surface area contributed by atoms with Crippen LogP contribution in [0.2, 0.25) is 0 Å². The molecule has 0 unspecified atom stereocenters. The Morgan fingerprint density at radius 1 is 1.33 bits per heavy atom. The molecule has 0 aliphatic heterocycles. The summed E-state index contributed by atoms with van der Waals surface area (Å²) >= 11 is 16.1. The Morgan fingerprint density at radius 3 is 1.89 bits per heavy atom. The minimum atomic E-state index is -1.27. The lowest BCUT2D eigenvalue weighted by Crippen LogP contribution is -2.16. The van der Waals surface area contributed by atoms with Gasteiger partial charge in [0, 0.05) is 0 Å². The minimum Gasteiger partial charge on any atom is -0.374 e. The Labute approximate surface area is 70.2 Å². The van der Waals surface area contributed by atoms with Gasteiger partial charge in [0.1, 0.15) is 0 Å². The van der Waals surface area contributed by atoms with Crippen molar-refractivity contribution in [1.82, 2.24) is 0 Å². The molecule has 0 bridgehead atoms. The maximum atomic E-state index is 5.38. The Kier molecular flexibility index (Phi) is 4.22. The Balaban J connectivity index is 3.28. The molecule has 0 fully saturated rings. The van der Waals surface area contributed by atoms with Crippen LogP contribution in [0.3, 0.4) is 0 Å². The zero-order chi connectivity index (χ0) is 7.49. The molecule has 0 aliphatic rings. The van der Waals surface area contributed by atoms with Crippen molar-refractivity contribution in [3.05, 3.63) is 0 Å². The summed E-state index contributed by atoms with van der Waals surface area (Å²) in [5.41, 5.74) is 0. The van der Waals surface area contributed by atoms with Crippen LogP contribution in [0.25, 0.3) is 0 Å². The van der Waals surface area contributed by atoms with Crippen molar-refractivity contribution in [2.45, 2.75) is 23.7 Å². The van der Waals surface area contributed by atoms with Crippen molar-refractivity contribution in [1.29, 1.82) is 0 Å². The van der Waals surface area contributed by atoms with Crippen LogP contribution in [0, 0.1) is 0 Å². The van der Waals surface area contributed by atoms with Crippen LogP contribution >= 0.6 is 34.8 Å². The fourth-order valence-corrected chi connectivity index (χ4v) is 0.450. The van der Waals surface area contributed by atoms with Crippen molar-refractivity contribution in [3.63, 3.8) is 0 Å². The SMILES string of the molecule is CC(C)OCC(Cl)(Cl)Cl. The van der Waals surface area contributed by atoms with Gasteiger partial charge in [0.15, 0.2) is 0 Å². The molecule has 0 saturated carbocycles. The second-order valence-corrected chi connectivity index (χ2v) is 4.49. The summed E-state index contributed by atoms with van der Waals surface area (Å²) in [6.45, 7) is 3.92. The predicted octanol–water partition coefficient (Wildman–Crippen LogP) is 2.78. The molecule has 0 saturated heterocycles. The molecule has 0 N–H and O–H groups in total. The summed E-state index contributed by atoms with van der Waals surface area (Å²) < 4.78 is 3.74. The normalized spacial score (nSPS) is 12.7. The maximum Gasteiger partial charge on any atom is 0.213 e. The maximum absolute atomic E-state index is 5.38. The highest BCUT2D eigenvalue weighted by Crippen LogP contribution is 2.26. The molecule has 1 nitrogen and oxygen atoms in total. The number of ether oxygens (including phenoxy) is 1. The minimum absolute atomic E-state index is 0.112. The average molecular weight is 191 g/mol. The number of alkyl halides is 3. The van der Waals surface area contributed by atoms with E-state index in [-0.39, 0.29) is 12.7 Å². The average Bonchev–Trinajstić information content (AvgIpc) is 1.59. The number of hydrogen-bond donors (Lipinski definition) is 0. The van der Waals surface area contributed by atoms with Crippen molar-refractivity contribution < 1.29 is 4.74 Å². The monoisotopic (exact) mass is 190 g/mol. The lowest BCUT2D eigenvalue weighted by molar-refractivity contribution is 0.0829. The Bertz CT molecular complexity index is 76.8. The van der Waals surface area contributed by atoms with E-state index in [0.717, 1.165) is 0 Å². The number of hydrogen-bond acceptors (Lipinski definition) is 1. The molecule has 0 radical (unpaired) electrons. The summed E-state index contributed by atoms with van der Waals surface area (Å²) in [7, 11) is 0. The van der Waals surface area contributed by atoms with E-state index in [1.807, 2.05) is 13.8 Å². The zero-order valence-corrected chi connectivity index (χ0v) is 7.59. The highest BCUT2D eigenvalue weighted by atomic mass is 35.6. The lowest BCUT2D eigenvalue weighted by atomic mass is 10.5. The molecule has 4 heteroatoms. The van der Waals surface area contributed by atoms with Crippen molar-refractivity contribution in [2.75, 3.05) is 6.61 Å². The van der Waals surface area contributed by atoms with E-state index in [0.29, 0.717) is 0 Å². The van der Waals surface area contributed by atoms with Gasteiger partial charge in [0.2, 0.25) is 3.79 Å². The van der Waals surface area contributed by atoms with Crippen LogP contribution in [0.4, 0.5) is 0 Å². The third kappa shape index (κ3) is 8.83. The van der Waals surface area contributed by atoms with Gasteiger partial charge in [-0.1, -0.05) is 34.8 Å². The molecule has 0 aromatic heterocycles. The van der Waals surface area contributed by atoms with E-state index >= 15 is 0 Å². The smallest absolute Gasteiger partial charge is 0.213 e. The van der Waals surface area contributed by atoms with E-state index in [4.69, 9.17) is 39.5 Å². The molecule has 56 valence electrons. The summed E-state index contributed by atoms with van der Waals surface area (Å²) in [6, 6.07) is 0. The van der Waals surface area contributed by atoms with E-state index in [1.165, 1.54) is 0 Å². The van der Waals surface area contributed by atoms with Crippen LogP contribution < -0.4 is 0 Å². The molecule has 0 rings (SSSR count). The first-order valence-electron chi connectivity index (χ1n) is 2.60. The number of rotatable bonds is 2. The second-order valence-electron chi connectivity index (χ2n) is 1.97. The van der Waals surface area contributed by atoms with Gasteiger partial charge in [-0.15, -0.1) is 0 Å². The first-order valence-corrected chi connectivity index (χ1v) is 3.73. The van der Waals surface area contributed by atoms with Crippen molar-refractivity contribution in [2.24, 2.45) is 0 Å². The third-order valence-corrected chi connectivity index (χ3v) is 0.908. The van der Waals surface area contributed by atoms with Gasteiger partial charge in [-0.05, 0) is 13.8 Å². The molecule has 0 aliphatic carbocycles. The van der Waals surface area contributed by atoms with E-state index in [9.17, 15) is 0 Å².